The highest BCUT2D eigenvalue weighted by atomic mass is 32.2. The van der Waals surface area contributed by atoms with Crippen LogP contribution in [0.25, 0.3) is 0 Å². The minimum Gasteiger partial charge on any atom is -0.274 e. The summed E-state index contributed by atoms with van der Waals surface area (Å²) >= 11 is 0. The van der Waals surface area contributed by atoms with Gasteiger partial charge in [0.2, 0.25) is 15.9 Å². The Labute approximate surface area is 59.7 Å². The standard InChI is InChI=1S/C5H9NO3S/c1-3-4(2)10(8,9)6-5(3)7/h3-4H,1-2H3,(H,6,7). The molecule has 2 unspecified atom stereocenters. The fourth-order valence-electron chi connectivity index (χ4n) is 0.808. The van der Waals surface area contributed by atoms with Gasteiger partial charge in [-0.2, -0.15) is 0 Å². The van der Waals surface area contributed by atoms with Gasteiger partial charge in [-0.3, -0.25) is 9.52 Å². The fourth-order valence-corrected chi connectivity index (χ4v) is 2.12. The first-order valence-electron chi connectivity index (χ1n) is 3.00. The minimum atomic E-state index is -3.32. The van der Waals surface area contributed by atoms with E-state index in [0.29, 0.717) is 0 Å². The zero-order valence-electron chi connectivity index (χ0n) is 5.79. The quantitative estimate of drug-likeness (QED) is 0.522. The maximum Gasteiger partial charge on any atom is 0.238 e. The second kappa shape index (κ2) is 1.95. The summed E-state index contributed by atoms with van der Waals surface area (Å²) in [6.45, 7) is 3.13. The third-order valence-electron chi connectivity index (χ3n) is 1.85. The van der Waals surface area contributed by atoms with Crippen LogP contribution in [0.15, 0.2) is 0 Å². The van der Waals surface area contributed by atoms with Crippen molar-refractivity contribution in [1.82, 2.24) is 4.72 Å². The monoisotopic (exact) mass is 163 g/mol. The third kappa shape index (κ3) is 0.901. The molecule has 58 valence electrons. The molecule has 4 nitrogen and oxygen atoms in total. The van der Waals surface area contributed by atoms with Crippen molar-refractivity contribution in [3.05, 3.63) is 0 Å². The summed E-state index contributed by atoms with van der Waals surface area (Å²) in [6, 6.07) is 0. The number of carbonyl (C=O) groups excluding carboxylic acids is 1. The highest BCUT2D eigenvalue weighted by molar-refractivity contribution is 7.91. The SMILES string of the molecule is CC1C(=O)NS(=O)(=O)C1C. The molecule has 1 rings (SSSR count). The van der Waals surface area contributed by atoms with E-state index in [1.807, 2.05) is 4.72 Å². The molecule has 0 aromatic heterocycles. The molecule has 5 heteroatoms. The molecule has 10 heavy (non-hydrogen) atoms. The number of carbonyl (C=O) groups is 1. The van der Waals surface area contributed by atoms with Gasteiger partial charge in [-0.1, -0.05) is 6.92 Å². The van der Waals surface area contributed by atoms with Gasteiger partial charge in [-0.15, -0.1) is 0 Å². The topological polar surface area (TPSA) is 63.2 Å². The van der Waals surface area contributed by atoms with Crippen molar-refractivity contribution in [3.63, 3.8) is 0 Å². The van der Waals surface area contributed by atoms with Gasteiger partial charge in [0.25, 0.3) is 0 Å². The molecule has 0 aliphatic carbocycles. The Kier molecular flexibility index (Phi) is 1.47. The van der Waals surface area contributed by atoms with Crippen LogP contribution in [0.1, 0.15) is 13.8 Å². The number of hydrogen-bond acceptors (Lipinski definition) is 3. The molecular formula is C5H9NO3S. The van der Waals surface area contributed by atoms with Crippen LogP contribution in [0, 0.1) is 5.92 Å². The Hall–Kier alpha value is -0.580. The largest absolute Gasteiger partial charge is 0.274 e. The second-order valence-corrected chi connectivity index (χ2v) is 4.54. The van der Waals surface area contributed by atoms with Gasteiger partial charge in [0.05, 0.1) is 11.2 Å². The molecule has 1 heterocycles. The van der Waals surface area contributed by atoms with Crippen molar-refractivity contribution in [3.8, 4) is 0 Å². The molecule has 1 N–H and O–H groups in total. The van der Waals surface area contributed by atoms with E-state index in [2.05, 4.69) is 0 Å². The van der Waals surface area contributed by atoms with Crippen LogP contribution in [-0.2, 0) is 14.8 Å². The normalized spacial score (nSPS) is 37.6. The summed E-state index contributed by atoms with van der Waals surface area (Å²) in [5.41, 5.74) is 0. The van der Waals surface area contributed by atoms with E-state index in [9.17, 15) is 13.2 Å². The van der Waals surface area contributed by atoms with Crippen LogP contribution in [0.5, 0.6) is 0 Å². The molecule has 0 saturated carbocycles. The average molecular weight is 163 g/mol. The Morgan fingerprint density at radius 3 is 2.00 bits per heavy atom. The molecule has 1 fully saturated rings. The zero-order chi connectivity index (χ0) is 7.94. The summed E-state index contributed by atoms with van der Waals surface area (Å²) in [5.74, 6) is -0.808. The molecule has 0 spiro atoms. The Morgan fingerprint density at radius 1 is 1.40 bits per heavy atom. The van der Waals surface area contributed by atoms with E-state index in [4.69, 9.17) is 0 Å². The van der Waals surface area contributed by atoms with Crippen molar-refractivity contribution in [2.75, 3.05) is 0 Å². The summed E-state index contributed by atoms with van der Waals surface area (Å²) in [5, 5.41) is -0.583. The molecule has 0 bridgehead atoms. The first-order chi connectivity index (χ1) is 4.45. The zero-order valence-corrected chi connectivity index (χ0v) is 6.60. The molecule has 0 aromatic rings. The van der Waals surface area contributed by atoms with Gasteiger partial charge in [-0.05, 0) is 6.92 Å². The molecule has 0 radical (unpaired) electrons. The van der Waals surface area contributed by atoms with Gasteiger partial charge in [0.15, 0.2) is 0 Å². The molecule has 1 amide bonds. The average Bonchev–Trinajstić information content (AvgIpc) is 1.95. The van der Waals surface area contributed by atoms with E-state index in [-0.39, 0.29) is 0 Å². The summed E-state index contributed by atoms with van der Waals surface area (Å²) in [4.78, 5) is 10.7. The third-order valence-corrected chi connectivity index (χ3v) is 3.72. The number of amides is 1. The number of rotatable bonds is 0. The minimum absolute atomic E-state index is 0.396. The number of sulfonamides is 1. The molecule has 1 aliphatic rings. The smallest absolute Gasteiger partial charge is 0.238 e. The van der Waals surface area contributed by atoms with Gasteiger partial charge in [0.1, 0.15) is 0 Å². The van der Waals surface area contributed by atoms with Crippen LogP contribution in [0.2, 0.25) is 0 Å². The van der Waals surface area contributed by atoms with Crippen LogP contribution in [-0.4, -0.2) is 19.6 Å². The van der Waals surface area contributed by atoms with Gasteiger partial charge in [-0.25, -0.2) is 8.42 Å². The predicted octanol–water partition coefficient (Wildman–Crippen LogP) is -0.529. The Balaban J connectivity index is 3.04. The first kappa shape index (κ1) is 7.53. The first-order valence-corrected chi connectivity index (χ1v) is 4.55. The molecular weight excluding hydrogens is 154 g/mol. The van der Waals surface area contributed by atoms with Crippen molar-refractivity contribution in [1.29, 1.82) is 0 Å². The summed E-state index contributed by atoms with van der Waals surface area (Å²) in [6.07, 6.45) is 0. The number of nitrogens with one attached hydrogen (secondary N) is 1. The molecule has 0 aromatic carbocycles. The van der Waals surface area contributed by atoms with Crippen molar-refractivity contribution < 1.29 is 13.2 Å². The van der Waals surface area contributed by atoms with E-state index in [1.54, 1.807) is 6.92 Å². The molecule has 2 atom stereocenters. The van der Waals surface area contributed by atoms with Crippen LogP contribution in [0.4, 0.5) is 0 Å². The van der Waals surface area contributed by atoms with E-state index >= 15 is 0 Å². The molecule has 1 aliphatic heterocycles. The highest BCUT2D eigenvalue weighted by Gasteiger charge is 2.39. The second-order valence-electron chi connectivity index (χ2n) is 2.51. The van der Waals surface area contributed by atoms with E-state index in [1.165, 1.54) is 6.92 Å². The van der Waals surface area contributed by atoms with Gasteiger partial charge >= 0.3 is 0 Å². The maximum atomic E-state index is 10.9. The predicted molar refractivity (Wildman–Crippen MR) is 35.7 cm³/mol. The molecule has 1 saturated heterocycles. The van der Waals surface area contributed by atoms with Crippen LogP contribution >= 0.6 is 0 Å². The lowest BCUT2D eigenvalue weighted by molar-refractivity contribution is -0.121. The lowest BCUT2D eigenvalue weighted by atomic mass is 10.1. The lowest BCUT2D eigenvalue weighted by Crippen LogP contribution is -2.23. The fraction of sp³-hybridized carbons (Fsp3) is 0.800. The number of hydrogen-bond donors (Lipinski definition) is 1. The van der Waals surface area contributed by atoms with Crippen molar-refractivity contribution in [2.24, 2.45) is 5.92 Å². The maximum absolute atomic E-state index is 10.9. The van der Waals surface area contributed by atoms with Crippen molar-refractivity contribution in [2.45, 2.75) is 19.1 Å². The van der Waals surface area contributed by atoms with Crippen LogP contribution < -0.4 is 4.72 Å². The van der Waals surface area contributed by atoms with Crippen LogP contribution in [0.3, 0.4) is 0 Å². The summed E-state index contributed by atoms with van der Waals surface area (Å²) in [7, 11) is -3.32. The van der Waals surface area contributed by atoms with Gasteiger partial charge in [0, 0.05) is 0 Å². The van der Waals surface area contributed by atoms with Crippen molar-refractivity contribution >= 4 is 15.9 Å². The highest BCUT2D eigenvalue weighted by Crippen LogP contribution is 2.18. The lowest BCUT2D eigenvalue weighted by Gasteiger charge is -2.00. The Bertz CT molecular complexity index is 256. The Morgan fingerprint density at radius 2 is 1.90 bits per heavy atom. The summed E-state index contributed by atoms with van der Waals surface area (Å²) < 4.78 is 23.6. The van der Waals surface area contributed by atoms with Gasteiger partial charge < -0.3 is 0 Å². The van der Waals surface area contributed by atoms with E-state index in [0.717, 1.165) is 0 Å². The van der Waals surface area contributed by atoms with E-state index < -0.39 is 27.1 Å².